The summed E-state index contributed by atoms with van der Waals surface area (Å²) >= 11 is 0. The molecule has 1 amide bonds. The molecule has 0 bridgehead atoms. The third-order valence-electron chi connectivity index (χ3n) is 5.70. The number of nitrogens with zero attached hydrogens (tertiary/aromatic N) is 2. The lowest BCUT2D eigenvalue weighted by Gasteiger charge is -2.34. The summed E-state index contributed by atoms with van der Waals surface area (Å²) in [5.74, 6) is -5.96. The highest BCUT2D eigenvalue weighted by Crippen LogP contribution is 2.35. The first-order valence-electron chi connectivity index (χ1n) is 10.9. The van der Waals surface area contributed by atoms with Crippen LogP contribution in [0.15, 0.2) is 47.4 Å². The number of amides is 1. The van der Waals surface area contributed by atoms with Gasteiger partial charge in [-0.2, -0.15) is 18.4 Å². The first-order valence-corrected chi connectivity index (χ1v) is 14.7. The van der Waals surface area contributed by atoms with Gasteiger partial charge in [-0.05, 0) is 42.7 Å². The zero-order chi connectivity index (χ0) is 28.5. The Labute approximate surface area is 215 Å². The highest BCUT2D eigenvalue weighted by atomic mass is 32.2. The smallest absolute Gasteiger partial charge is 0.347 e. The molecule has 8 nitrogen and oxygen atoms in total. The molecule has 1 N–H and O–H groups in total. The van der Waals surface area contributed by atoms with Crippen LogP contribution in [0, 0.1) is 23.0 Å². The molecule has 2 aromatic carbocycles. The number of anilines is 1. The van der Waals surface area contributed by atoms with E-state index in [2.05, 4.69) is 5.32 Å². The van der Waals surface area contributed by atoms with E-state index < -0.39 is 78.7 Å². The Morgan fingerprint density at radius 1 is 1.13 bits per heavy atom. The number of hydrogen-bond donors (Lipinski definition) is 1. The van der Waals surface area contributed by atoms with Crippen LogP contribution < -0.4 is 10.2 Å². The monoisotopic (exact) mass is 579 g/mol. The number of halogens is 5. The molecule has 0 saturated heterocycles. The number of carbonyl (C=O) groups excluding carboxylic acids is 1. The molecule has 1 saturated carbocycles. The predicted octanol–water partition coefficient (Wildman–Crippen LogP) is 2.89. The van der Waals surface area contributed by atoms with Gasteiger partial charge in [0, 0.05) is 12.3 Å². The van der Waals surface area contributed by atoms with Gasteiger partial charge in [0.25, 0.3) is 0 Å². The summed E-state index contributed by atoms with van der Waals surface area (Å²) in [7, 11) is -8.16. The molecular formula is C23H22F5N3O5S2. The van der Waals surface area contributed by atoms with Crippen LogP contribution in [0.4, 0.5) is 27.6 Å². The maximum absolute atomic E-state index is 14.6. The second-order valence-electron chi connectivity index (χ2n) is 9.01. The number of benzene rings is 2. The van der Waals surface area contributed by atoms with Gasteiger partial charge in [0.2, 0.25) is 5.91 Å². The number of nitriles is 1. The largest absolute Gasteiger partial charge is 0.405 e. The number of alkyl halides is 3. The molecule has 0 heterocycles. The van der Waals surface area contributed by atoms with Crippen molar-refractivity contribution in [3.63, 3.8) is 0 Å². The molecule has 1 atom stereocenters. The summed E-state index contributed by atoms with van der Waals surface area (Å²) in [6.07, 6.45) is -3.79. The third-order valence-corrected chi connectivity index (χ3v) is 8.41. The maximum Gasteiger partial charge on any atom is 0.405 e. The maximum atomic E-state index is 14.6. The van der Waals surface area contributed by atoms with Crippen molar-refractivity contribution in [2.75, 3.05) is 23.5 Å². The lowest BCUT2D eigenvalue weighted by Crippen LogP contribution is -2.56. The topological polar surface area (TPSA) is 124 Å². The first-order chi connectivity index (χ1) is 17.4. The Bertz CT molecular complexity index is 1480. The Kier molecular flexibility index (Phi) is 8.09. The number of rotatable bonds is 10. The van der Waals surface area contributed by atoms with E-state index in [0.717, 1.165) is 12.3 Å². The minimum Gasteiger partial charge on any atom is -0.347 e. The fraction of sp³-hybridized carbons (Fsp3) is 0.391. The van der Waals surface area contributed by atoms with Gasteiger partial charge in [-0.25, -0.2) is 25.6 Å². The molecule has 206 valence electrons. The van der Waals surface area contributed by atoms with E-state index in [4.69, 9.17) is 0 Å². The molecule has 1 fully saturated rings. The van der Waals surface area contributed by atoms with Crippen LogP contribution in [0.2, 0.25) is 0 Å². The van der Waals surface area contributed by atoms with Gasteiger partial charge < -0.3 is 10.2 Å². The molecule has 0 spiro atoms. The summed E-state index contributed by atoms with van der Waals surface area (Å²) in [6, 6.07) is 6.07. The van der Waals surface area contributed by atoms with E-state index in [1.54, 1.807) is 6.07 Å². The van der Waals surface area contributed by atoms with E-state index in [1.807, 2.05) is 0 Å². The average Bonchev–Trinajstić information content (AvgIpc) is 3.55. The molecule has 15 heteroatoms. The summed E-state index contributed by atoms with van der Waals surface area (Å²) in [5.41, 5.74) is -2.29. The summed E-state index contributed by atoms with van der Waals surface area (Å²) in [6.45, 7) is -1.97. The van der Waals surface area contributed by atoms with Crippen LogP contribution in [-0.2, 0) is 30.2 Å². The molecule has 0 aromatic heterocycles. The third kappa shape index (κ3) is 7.64. The van der Waals surface area contributed by atoms with Gasteiger partial charge >= 0.3 is 6.18 Å². The van der Waals surface area contributed by atoms with Crippen molar-refractivity contribution in [2.45, 2.75) is 41.2 Å². The lowest BCUT2D eigenvalue weighted by molar-refractivity contribution is -0.127. The van der Waals surface area contributed by atoms with Crippen LogP contribution in [0.5, 0.6) is 0 Å². The molecule has 0 aliphatic heterocycles. The normalized spacial score (nSPS) is 15.8. The number of nitrogens with one attached hydrogen (secondary N) is 1. The molecule has 0 unspecified atom stereocenters. The van der Waals surface area contributed by atoms with Crippen molar-refractivity contribution in [1.82, 2.24) is 5.32 Å². The molecular weight excluding hydrogens is 557 g/mol. The van der Waals surface area contributed by atoms with Gasteiger partial charge in [-0.15, -0.1) is 0 Å². The number of hydrogen-bond acceptors (Lipinski definition) is 7. The van der Waals surface area contributed by atoms with E-state index in [-0.39, 0.29) is 34.3 Å². The number of sulfone groups is 2. The zero-order valence-corrected chi connectivity index (χ0v) is 21.4. The molecule has 38 heavy (non-hydrogen) atoms. The van der Waals surface area contributed by atoms with Crippen molar-refractivity contribution in [2.24, 2.45) is 0 Å². The Hall–Kier alpha value is -3.25. The van der Waals surface area contributed by atoms with Crippen molar-refractivity contribution >= 4 is 31.3 Å². The standard InChI is InChI=1S/C23H22F5N3O5S2/c1-37(33,34)17-4-2-3-15(9-17)11-38(35,36)12-20(21(32)30-22(13-29)7-8-22)31(14-23(26,27)28)19-6-5-16(24)10-18(19)25/h2-6,9-10,20H,7-8,11-12,14H2,1H3,(H,30,32)/t20-/m0/s1. The fourth-order valence-electron chi connectivity index (χ4n) is 3.71. The number of carbonyl (C=O) groups is 1. The lowest BCUT2D eigenvalue weighted by atomic mass is 10.1. The first kappa shape index (κ1) is 29.3. The fourth-order valence-corrected chi connectivity index (χ4v) is 6.01. The van der Waals surface area contributed by atoms with Crippen molar-refractivity contribution in [3.05, 3.63) is 59.7 Å². The minimum absolute atomic E-state index is 0.0156. The van der Waals surface area contributed by atoms with E-state index in [9.17, 15) is 48.8 Å². The van der Waals surface area contributed by atoms with Crippen molar-refractivity contribution in [3.8, 4) is 6.07 Å². The van der Waals surface area contributed by atoms with Gasteiger partial charge in [0.1, 0.15) is 29.8 Å². The Balaban J connectivity index is 2.04. The van der Waals surface area contributed by atoms with Crippen LogP contribution in [0.1, 0.15) is 18.4 Å². The van der Waals surface area contributed by atoms with E-state index in [1.165, 1.54) is 18.2 Å². The average molecular weight is 580 g/mol. The van der Waals surface area contributed by atoms with Gasteiger partial charge in [-0.3, -0.25) is 4.79 Å². The predicted molar refractivity (Wildman–Crippen MR) is 126 cm³/mol. The van der Waals surface area contributed by atoms with Crippen LogP contribution in [-0.4, -0.2) is 59.1 Å². The second kappa shape index (κ2) is 10.5. The summed E-state index contributed by atoms with van der Waals surface area (Å²) < 4.78 is 119. The molecule has 3 rings (SSSR count). The van der Waals surface area contributed by atoms with Crippen LogP contribution in [0.25, 0.3) is 0 Å². The quantitative estimate of drug-likeness (QED) is 0.430. The molecule has 1 aliphatic rings. The van der Waals surface area contributed by atoms with Crippen molar-refractivity contribution < 1.29 is 43.6 Å². The SMILES string of the molecule is CS(=O)(=O)c1cccc(CS(=O)(=O)C[C@@H](C(=O)NC2(C#N)CC2)N(CC(F)(F)F)c2ccc(F)cc2F)c1. The van der Waals surface area contributed by atoms with Crippen LogP contribution in [0.3, 0.4) is 0 Å². The molecule has 1 aliphatic carbocycles. The minimum atomic E-state index is -5.04. The zero-order valence-electron chi connectivity index (χ0n) is 19.8. The van der Waals surface area contributed by atoms with Gasteiger partial charge in [0.15, 0.2) is 19.7 Å². The van der Waals surface area contributed by atoms with E-state index in [0.29, 0.717) is 12.1 Å². The van der Waals surface area contributed by atoms with Crippen molar-refractivity contribution in [1.29, 1.82) is 5.26 Å². The summed E-state index contributed by atoms with van der Waals surface area (Å²) in [4.78, 5) is 13.1. The Morgan fingerprint density at radius 2 is 1.79 bits per heavy atom. The summed E-state index contributed by atoms with van der Waals surface area (Å²) in [5, 5.41) is 11.5. The van der Waals surface area contributed by atoms with Crippen LogP contribution >= 0.6 is 0 Å². The van der Waals surface area contributed by atoms with E-state index >= 15 is 0 Å². The van der Waals surface area contributed by atoms with Gasteiger partial charge in [-0.1, -0.05) is 12.1 Å². The highest BCUT2D eigenvalue weighted by Gasteiger charge is 2.48. The Morgan fingerprint density at radius 3 is 2.32 bits per heavy atom. The molecule has 2 aromatic rings. The van der Waals surface area contributed by atoms with Gasteiger partial charge in [0.05, 0.1) is 28.2 Å². The highest BCUT2D eigenvalue weighted by molar-refractivity contribution is 7.91. The molecule has 0 radical (unpaired) electrons. The second-order valence-corrected chi connectivity index (χ2v) is 13.1.